The molecule has 1 aromatic carbocycles. The third kappa shape index (κ3) is 2.38. The van der Waals surface area contributed by atoms with E-state index in [1.165, 1.54) is 22.1 Å². The first-order chi connectivity index (χ1) is 9.54. The molecule has 0 spiro atoms. The van der Waals surface area contributed by atoms with Crippen LogP contribution in [0.15, 0.2) is 18.2 Å². The van der Waals surface area contributed by atoms with Crippen molar-refractivity contribution in [2.75, 3.05) is 38.1 Å². The zero-order valence-electron chi connectivity index (χ0n) is 12.9. The second-order valence-electron chi connectivity index (χ2n) is 6.07. The summed E-state index contributed by atoms with van der Waals surface area (Å²) in [7, 11) is 2.18. The predicted octanol–water partition coefficient (Wildman–Crippen LogP) is 2.91. The summed E-state index contributed by atoms with van der Waals surface area (Å²) in [6, 6.07) is 6.72. The SMILES string of the molecule is Cc1cc(C)c2nc(N3CCN(C)CC3)cc(C)c2c1. The molecular weight excluding hydrogens is 246 g/mol. The van der Waals surface area contributed by atoms with Crippen LogP contribution in [-0.2, 0) is 0 Å². The molecule has 0 unspecified atom stereocenters. The summed E-state index contributed by atoms with van der Waals surface area (Å²) in [5, 5.41) is 1.29. The van der Waals surface area contributed by atoms with E-state index in [1.54, 1.807) is 0 Å². The van der Waals surface area contributed by atoms with Crippen LogP contribution >= 0.6 is 0 Å². The smallest absolute Gasteiger partial charge is 0.129 e. The van der Waals surface area contributed by atoms with Crippen molar-refractivity contribution in [3.05, 3.63) is 34.9 Å². The van der Waals surface area contributed by atoms with Gasteiger partial charge in [-0.25, -0.2) is 4.98 Å². The fraction of sp³-hybridized carbons (Fsp3) is 0.471. The lowest BCUT2D eigenvalue weighted by Gasteiger charge is -2.33. The van der Waals surface area contributed by atoms with Crippen LogP contribution in [0.25, 0.3) is 10.9 Å². The lowest BCUT2D eigenvalue weighted by Crippen LogP contribution is -2.44. The van der Waals surface area contributed by atoms with Crippen LogP contribution in [0.4, 0.5) is 5.82 Å². The van der Waals surface area contributed by atoms with Crippen molar-refractivity contribution in [1.82, 2.24) is 9.88 Å². The van der Waals surface area contributed by atoms with Gasteiger partial charge in [-0.2, -0.15) is 0 Å². The number of hydrogen-bond acceptors (Lipinski definition) is 3. The molecule has 1 saturated heterocycles. The Morgan fingerprint density at radius 1 is 0.900 bits per heavy atom. The fourth-order valence-electron chi connectivity index (χ4n) is 3.02. The number of pyridine rings is 1. The highest BCUT2D eigenvalue weighted by molar-refractivity contribution is 5.87. The molecule has 2 heterocycles. The topological polar surface area (TPSA) is 19.4 Å². The van der Waals surface area contributed by atoms with E-state index < -0.39 is 0 Å². The lowest BCUT2D eigenvalue weighted by molar-refractivity contribution is 0.312. The minimum absolute atomic E-state index is 1.07. The Bertz CT molecular complexity index is 640. The van der Waals surface area contributed by atoms with Crippen molar-refractivity contribution < 1.29 is 0 Å². The number of hydrogen-bond donors (Lipinski definition) is 0. The molecule has 1 aliphatic rings. The number of fused-ring (bicyclic) bond motifs is 1. The largest absolute Gasteiger partial charge is 0.354 e. The van der Waals surface area contributed by atoms with E-state index in [0.29, 0.717) is 0 Å². The lowest BCUT2D eigenvalue weighted by atomic mass is 10.0. The van der Waals surface area contributed by atoms with Gasteiger partial charge in [0.05, 0.1) is 5.52 Å². The van der Waals surface area contributed by atoms with Crippen LogP contribution in [0.2, 0.25) is 0 Å². The summed E-state index contributed by atoms with van der Waals surface area (Å²) in [5.41, 5.74) is 5.08. The number of nitrogens with zero attached hydrogens (tertiary/aromatic N) is 3. The van der Waals surface area contributed by atoms with Crippen molar-refractivity contribution >= 4 is 16.7 Å². The third-order valence-electron chi connectivity index (χ3n) is 4.27. The monoisotopic (exact) mass is 269 g/mol. The molecule has 0 saturated carbocycles. The van der Waals surface area contributed by atoms with E-state index in [1.807, 2.05) is 0 Å². The molecular formula is C17H23N3. The fourth-order valence-corrected chi connectivity index (χ4v) is 3.02. The van der Waals surface area contributed by atoms with Crippen molar-refractivity contribution in [1.29, 1.82) is 0 Å². The summed E-state index contributed by atoms with van der Waals surface area (Å²) in [5.74, 6) is 1.13. The molecule has 0 atom stereocenters. The Kier molecular flexibility index (Phi) is 3.38. The average Bonchev–Trinajstić information content (AvgIpc) is 2.40. The molecule has 3 heteroatoms. The van der Waals surface area contributed by atoms with Crippen LogP contribution < -0.4 is 4.90 Å². The highest BCUT2D eigenvalue weighted by Crippen LogP contribution is 2.26. The Hall–Kier alpha value is -1.61. The standard InChI is InChI=1S/C17H23N3/c1-12-9-14(3)17-15(10-12)13(2)11-16(18-17)20-7-5-19(4)6-8-20/h9-11H,5-8H2,1-4H3. The van der Waals surface area contributed by atoms with Gasteiger partial charge in [0.1, 0.15) is 5.82 Å². The Morgan fingerprint density at radius 3 is 2.30 bits per heavy atom. The van der Waals surface area contributed by atoms with E-state index in [-0.39, 0.29) is 0 Å². The van der Waals surface area contributed by atoms with Crippen molar-refractivity contribution in [3.63, 3.8) is 0 Å². The van der Waals surface area contributed by atoms with Crippen LogP contribution in [0.3, 0.4) is 0 Å². The first-order valence-electron chi connectivity index (χ1n) is 7.36. The van der Waals surface area contributed by atoms with Gasteiger partial charge in [-0.05, 0) is 51.1 Å². The van der Waals surface area contributed by atoms with Gasteiger partial charge in [-0.3, -0.25) is 0 Å². The Balaban J connectivity index is 2.05. The second kappa shape index (κ2) is 5.06. The number of anilines is 1. The highest BCUT2D eigenvalue weighted by atomic mass is 15.3. The summed E-state index contributed by atoms with van der Waals surface area (Å²) in [6.45, 7) is 10.9. The Morgan fingerprint density at radius 2 is 1.60 bits per heavy atom. The van der Waals surface area contributed by atoms with Crippen LogP contribution in [0, 0.1) is 20.8 Å². The zero-order valence-corrected chi connectivity index (χ0v) is 12.9. The summed E-state index contributed by atoms with van der Waals surface area (Å²) < 4.78 is 0. The van der Waals surface area contributed by atoms with Gasteiger partial charge < -0.3 is 9.80 Å². The van der Waals surface area contributed by atoms with E-state index in [2.05, 4.69) is 55.8 Å². The van der Waals surface area contributed by atoms with Crippen molar-refractivity contribution in [2.45, 2.75) is 20.8 Å². The minimum Gasteiger partial charge on any atom is -0.354 e. The molecule has 0 amide bonds. The van der Waals surface area contributed by atoms with E-state index in [4.69, 9.17) is 4.98 Å². The normalized spacial score (nSPS) is 16.9. The van der Waals surface area contributed by atoms with Gasteiger partial charge in [-0.1, -0.05) is 11.6 Å². The number of aryl methyl sites for hydroxylation is 3. The van der Waals surface area contributed by atoms with Gasteiger partial charge in [-0.15, -0.1) is 0 Å². The van der Waals surface area contributed by atoms with Crippen molar-refractivity contribution in [2.24, 2.45) is 0 Å². The average molecular weight is 269 g/mol. The molecule has 2 aromatic rings. The molecule has 1 aliphatic heterocycles. The third-order valence-corrected chi connectivity index (χ3v) is 4.27. The van der Waals surface area contributed by atoms with Gasteiger partial charge in [0.15, 0.2) is 0 Å². The molecule has 0 radical (unpaired) electrons. The van der Waals surface area contributed by atoms with E-state index >= 15 is 0 Å². The number of likely N-dealkylation sites (N-methyl/N-ethyl adjacent to an activating group) is 1. The number of rotatable bonds is 1. The number of benzene rings is 1. The molecule has 0 aliphatic carbocycles. The van der Waals surface area contributed by atoms with E-state index in [9.17, 15) is 0 Å². The summed E-state index contributed by atoms with van der Waals surface area (Å²) in [4.78, 5) is 9.72. The minimum atomic E-state index is 1.07. The first kappa shape index (κ1) is 13.4. The zero-order chi connectivity index (χ0) is 14.3. The van der Waals surface area contributed by atoms with Crippen LogP contribution in [0.5, 0.6) is 0 Å². The molecule has 106 valence electrons. The second-order valence-corrected chi connectivity index (χ2v) is 6.07. The van der Waals surface area contributed by atoms with Gasteiger partial charge in [0.2, 0.25) is 0 Å². The first-order valence-corrected chi connectivity index (χ1v) is 7.36. The molecule has 1 fully saturated rings. The molecule has 0 bridgehead atoms. The number of aromatic nitrogens is 1. The summed E-state index contributed by atoms with van der Waals surface area (Å²) in [6.07, 6.45) is 0. The predicted molar refractivity (Wildman–Crippen MR) is 85.7 cm³/mol. The van der Waals surface area contributed by atoms with Crippen LogP contribution in [0.1, 0.15) is 16.7 Å². The molecule has 3 rings (SSSR count). The van der Waals surface area contributed by atoms with Gasteiger partial charge in [0.25, 0.3) is 0 Å². The maximum absolute atomic E-state index is 4.93. The summed E-state index contributed by atoms with van der Waals surface area (Å²) >= 11 is 0. The van der Waals surface area contributed by atoms with Crippen LogP contribution in [-0.4, -0.2) is 43.1 Å². The molecule has 0 N–H and O–H groups in total. The highest BCUT2D eigenvalue weighted by Gasteiger charge is 2.16. The molecule has 1 aromatic heterocycles. The molecule has 3 nitrogen and oxygen atoms in total. The maximum atomic E-state index is 4.93. The van der Waals surface area contributed by atoms with E-state index in [0.717, 1.165) is 37.5 Å². The maximum Gasteiger partial charge on any atom is 0.129 e. The quantitative estimate of drug-likeness (QED) is 0.793. The van der Waals surface area contributed by atoms with Gasteiger partial charge in [0, 0.05) is 31.6 Å². The molecule has 20 heavy (non-hydrogen) atoms. The Labute approximate surface area is 121 Å². The van der Waals surface area contributed by atoms with Crippen molar-refractivity contribution in [3.8, 4) is 0 Å². The van der Waals surface area contributed by atoms with Gasteiger partial charge >= 0.3 is 0 Å². The number of piperazine rings is 1.